The van der Waals surface area contributed by atoms with Crippen LogP contribution in [0.25, 0.3) is 22.0 Å². The minimum absolute atomic E-state index is 0.0281. The molecule has 3 aromatic rings. The number of fused-ring (bicyclic) bond motifs is 1. The van der Waals surface area contributed by atoms with Crippen LogP contribution in [0.2, 0.25) is 5.02 Å². The third-order valence-electron chi connectivity index (χ3n) is 3.80. The van der Waals surface area contributed by atoms with Gasteiger partial charge in [-0.25, -0.2) is 0 Å². The van der Waals surface area contributed by atoms with Gasteiger partial charge in [0.1, 0.15) is 5.75 Å². The summed E-state index contributed by atoms with van der Waals surface area (Å²) in [6.07, 6.45) is 0. The minimum Gasteiger partial charge on any atom is -0.495 e. The molecule has 0 spiro atoms. The number of hydrogen-bond donors (Lipinski definition) is 1. The van der Waals surface area contributed by atoms with E-state index in [1.54, 1.807) is 19.2 Å². The van der Waals surface area contributed by atoms with Gasteiger partial charge in [-0.1, -0.05) is 41.4 Å². The Morgan fingerprint density at radius 2 is 1.77 bits per heavy atom. The predicted octanol–water partition coefficient (Wildman–Crippen LogP) is 4.47. The van der Waals surface area contributed by atoms with E-state index in [0.29, 0.717) is 21.7 Å². The van der Waals surface area contributed by atoms with E-state index >= 15 is 0 Å². The minimum atomic E-state index is -0.0281. The molecule has 4 heteroatoms. The quantitative estimate of drug-likeness (QED) is 0.758. The van der Waals surface area contributed by atoms with Crippen LogP contribution in [0.15, 0.2) is 41.2 Å². The first-order valence-electron chi connectivity index (χ1n) is 6.98. The summed E-state index contributed by atoms with van der Waals surface area (Å²) >= 11 is 6.16. The number of methoxy groups -OCH3 is 1. The summed E-state index contributed by atoms with van der Waals surface area (Å²) in [5, 5.41) is 0.992. The first-order chi connectivity index (χ1) is 10.5. The second-order valence-corrected chi connectivity index (χ2v) is 5.76. The van der Waals surface area contributed by atoms with Crippen molar-refractivity contribution in [3.8, 4) is 16.9 Å². The summed E-state index contributed by atoms with van der Waals surface area (Å²) in [4.78, 5) is 16.1. The SMILES string of the molecule is COc1cc2[nH]c(C)c(-c3ccc(C)cc3)c(=O)c2cc1Cl. The van der Waals surface area contributed by atoms with Crippen LogP contribution in [0.1, 0.15) is 11.3 Å². The fourth-order valence-electron chi connectivity index (χ4n) is 2.64. The lowest BCUT2D eigenvalue weighted by atomic mass is 10.00. The molecule has 112 valence electrons. The van der Waals surface area contributed by atoms with E-state index < -0.39 is 0 Å². The second kappa shape index (κ2) is 5.50. The van der Waals surface area contributed by atoms with Crippen molar-refractivity contribution >= 4 is 22.5 Å². The van der Waals surface area contributed by atoms with E-state index in [2.05, 4.69) is 4.98 Å². The van der Waals surface area contributed by atoms with Crippen molar-refractivity contribution in [3.63, 3.8) is 0 Å². The summed E-state index contributed by atoms with van der Waals surface area (Å²) in [6.45, 7) is 3.92. The highest BCUT2D eigenvalue weighted by molar-refractivity contribution is 6.32. The van der Waals surface area contributed by atoms with E-state index in [0.717, 1.165) is 22.3 Å². The van der Waals surface area contributed by atoms with Crippen molar-refractivity contribution in [1.29, 1.82) is 0 Å². The molecule has 3 nitrogen and oxygen atoms in total. The highest BCUT2D eigenvalue weighted by Gasteiger charge is 2.13. The summed E-state index contributed by atoms with van der Waals surface area (Å²) in [7, 11) is 1.55. The summed E-state index contributed by atoms with van der Waals surface area (Å²) in [5.41, 5.74) is 4.25. The van der Waals surface area contributed by atoms with Crippen molar-refractivity contribution in [2.75, 3.05) is 7.11 Å². The molecular formula is C18H16ClNO2. The van der Waals surface area contributed by atoms with Crippen molar-refractivity contribution in [2.45, 2.75) is 13.8 Å². The van der Waals surface area contributed by atoms with Crippen LogP contribution in [0.3, 0.4) is 0 Å². The van der Waals surface area contributed by atoms with Crippen LogP contribution in [-0.2, 0) is 0 Å². The summed E-state index contributed by atoms with van der Waals surface area (Å²) in [6, 6.07) is 11.3. The maximum Gasteiger partial charge on any atom is 0.197 e. The Bertz CT molecular complexity index is 911. The van der Waals surface area contributed by atoms with Gasteiger partial charge in [-0.15, -0.1) is 0 Å². The van der Waals surface area contributed by atoms with Crippen molar-refractivity contribution in [3.05, 3.63) is 62.9 Å². The molecule has 0 aliphatic carbocycles. The molecule has 0 saturated heterocycles. The van der Waals surface area contributed by atoms with Crippen LogP contribution in [-0.4, -0.2) is 12.1 Å². The van der Waals surface area contributed by atoms with Crippen LogP contribution in [0, 0.1) is 13.8 Å². The highest BCUT2D eigenvalue weighted by Crippen LogP contribution is 2.29. The van der Waals surface area contributed by atoms with Crippen LogP contribution < -0.4 is 10.2 Å². The van der Waals surface area contributed by atoms with Gasteiger partial charge in [0.25, 0.3) is 0 Å². The number of aromatic amines is 1. The molecule has 0 fully saturated rings. The molecule has 1 N–H and O–H groups in total. The Morgan fingerprint density at radius 1 is 1.09 bits per heavy atom. The number of pyridine rings is 1. The Balaban J connectivity index is 2.33. The molecule has 0 atom stereocenters. The van der Waals surface area contributed by atoms with Crippen molar-refractivity contribution in [2.24, 2.45) is 0 Å². The Labute approximate surface area is 133 Å². The molecule has 2 aromatic carbocycles. The first-order valence-corrected chi connectivity index (χ1v) is 7.36. The van der Waals surface area contributed by atoms with Crippen molar-refractivity contribution < 1.29 is 4.74 Å². The summed E-state index contributed by atoms with van der Waals surface area (Å²) in [5.74, 6) is 0.548. The molecule has 0 bridgehead atoms. The maximum atomic E-state index is 12.9. The van der Waals surface area contributed by atoms with Gasteiger partial charge in [0.05, 0.1) is 17.6 Å². The van der Waals surface area contributed by atoms with Crippen LogP contribution in [0.4, 0.5) is 0 Å². The van der Waals surface area contributed by atoms with E-state index in [9.17, 15) is 4.79 Å². The van der Waals surface area contributed by atoms with Gasteiger partial charge in [0.2, 0.25) is 0 Å². The molecule has 0 radical (unpaired) electrons. The lowest BCUT2D eigenvalue weighted by Gasteiger charge is -2.10. The van der Waals surface area contributed by atoms with E-state index in [4.69, 9.17) is 16.3 Å². The van der Waals surface area contributed by atoms with Gasteiger partial charge in [0.15, 0.2) is 5.43 Å². The average Bonchev–Trinajstić information content (AvgIpc) is 2.49. The van der Waals surface area contributed by atoms with Gasteiger partial charge < -0.3 is 9.72 Å². The third-order valence-corrected chi connectivity index (χ3v) is 4.10. The van der Waals surface area contributed by atoms with Crippen LogP contribution >= 0.6 is 11.6 Å². The Kier molecular flexibility index (Phi) is 3.67. The highest BCUT2D eigenvalue weighted by atomic mass is 35.5. The largest absolute Gasteiger partial charge is 0.495 e. The molecule has 0 aliphatic rings. The number of benzene rings is 2. The predicted molar refractivity (Wildman–Crippen MR) is 91.0 cm³/mol. The number of rotatable bonds is 2. The standard InChI is InChI=1S/C18H16ClNO2/c1-10-4-6-12(7-5-10)17-11(2)20-15-9-16(22-3)14(19)8-13(15)18(17)21/h4-9H,1-3H3,(H,20,21). The lowest BCUT2D eigenvalue weighted by Crippen LogP contribution is -2.09. The summed E-state index contributed by atoms with van der Waals surface area (Å²) < 4.78 is 5.21. The van der Waals surface area contributed by atoms with E-state index in [1.165, 1.54) is 0 Å². The second-order valence-electron chi connectivity index (χ2n) is 5.35. The first kappa shape index (κ1) is 14.7. The molecule has 0 aliphatic heterocycles. The zero-order valence-corrected chi connectivity index (χ0v) is 13.4. The fourth-order valence-corrected chi connectivity index (χ4v) is 2.88. The molecule has 1 heterocycles. The zero-order chi connectivity index (χ0) is 15.9. The lowest BCUT2D eigenvalue weighted by molar-refractivity contribution is 0.415. The maximum absolute atomic E-state index is 12.9. The van der Waals surface area contributed by atoms with Gasteiger partial charge in [-0.3, -0.25) is 4.79 Å². The van der Waals surface area contributed by atoms with Gasteiger partial charge in [-0.2, -0.15) is 0 Å². The van der Waals surface area contributed by atoms with Crippen molar-refractivity contribution in [1.82, 2.24) is 4.98 Å². The Morgan fingerprint density at radius 3 is 2.41 bits per heavy atom. The number of aromatic nitrogens is 1. The van der Waals surface area contributed by atoms with Gasteiger partial charge in [-0.05, 0) is 25.5 Å². The average molecular weight is 314 g/mol. The monoisotopic (exact) mass is 313 g/mol. The van der Waals surface area contributed by atoms with Gasteiger partial charge in [0, 0.05) is 22.7 Å². The van der Waals surface area contributed by atoms with E-state index in [1.807, 2.05) is 38.1 Å². The number of hydrogen-bond acceptors (Lipinski definition) is 2. The number of ether oxygens (including phenoxy) is 1. The topological polar surface area (TPSA) is 42.1 Å². The molecule has 3 rings (SSSR count). The zero-order valence-electron chi connectivity index (χ0n) is 12.7. The molecule has 0 saturated carbocycles. The normalized spacial score (nSPS) is 10.9. The third kappa shape index (κ3) is 2.38. The molecule has 22 heavy (non-hydrogen) atoms. The number of H-pyrrole nitrogens is 1. The molecule has 0 unspecified atom stereocenters. The molecule has 0 amide bonds. The molecule has 1 aromatic heterocycles. The fraction of sp³-hybridized carbons (Fsp3) is 0.167. The van der Waals surface area contributed by atoms with E-state index in [-0.39, 0.29) is 5.43 Å². The number of aryl methyl sites for hydroxylation is 2. The molecular weight excluding hydrogens is 298 g/mol. The smallest absolute Gasteiger partial charge is 0.197 e. The Hall–Kier alpha value is -2.26. The number of nitrogens with one attached hydrogen (secondary N) is 1. The van der Waals surface area contributed by atoms with Crippen LogP contribution in [0.5, 0.6) is 5.75 Å². The number of halogens is 1. The van der Waals surface area contributed by atoms with Gasteiger partial charge >= 0.3 is 0 Å².